The molecule has 0 spiro atoms. The lowest BCUT2D eigenvalue weighted by atomic mass is 10.2. The van der Waals surface area contributed by atoms with E-state index in [0.717, 1.165) is 12.3 Å². The van der Waals surface area contributed by atoms with E-state index in [9.17, 15) is 22.9 Å². The van der Waals surface area contributed by atoms with E-state index in [0.29, 0.717) is 6.07 Å². The van der Waals surface area contributed by atoms with Crippen molar-refractivity contribution in [3.63, 3.8) is 0 Å². The topological polar surface area (TPSA) is 77.3 Å². The van der Waals surface area contributed by atoms with Crippen molar-refractivity contribution in [2.24, 2.45) is 0 Å². The molecule has 0 bridgehead atoms. The molecule has 82 valence electrons. The zero-order valence-electron chi connectivity index (χ0n) is 8.02. The molecule has 0 saturated carbocycles. The van der Waals surface area contributed by atoms with Crippen molar-refractivity contribution in [3.8, 4) is 0 Å². The third-order valence-electron chi connectivity index (χ3n) is 1.89. The van der Waals surface area contributed by atoms with E-state index in [2.05, 4.69) is 0 Å². The largest absolute Gasteiger partial charge is 0.273 e. The van der Waals surface area contributed by atoms with E-state index >= 15 is 0 Å². The first-order chi connectivity index (χ1) is 6.73. The summed E-state index contributed by atoms with van der Waals surface area (Å²) in [6.07, 6.45) is 0.874. The van der Waals surface area contributed by atoms with Gasteiger partial charge in [0, 0.05) is 17.9 Å². The number of nitro groups is 1. The third kappa shape index (κ3) is 2.30. The van der Waals surface area contributed by atoms with Crippen LogP contribution in [0.5, 0.6) is 0 Å². The summed E-state index contributed by atoms with van der Waals surface area (Å²) in [6.45, 7) is 1.26. The highest BCUT2D eigenvalue weighted by molar-refractivity contribution is 7.90. The highest BCUT2D eigenvalue weighted by Gasteiger charge is 2.19. The van der Waals surface area contributed by atoms with Crippen LogP contribution in [-0.4, -0.2) is 19.6 Å². The predicted octanol–water partition coefficient (Wildman–Crippen LogP) is 1.45. The van der Waals surface area contributed by atoms with Gasteiger partial charge in [0.15, 0.2) is 9.84 Å². The number of sulfone groups is 1. The quantitative estimate of drug-likeness (QED) is 0.572. The van der Waals surface area contributed by atoms with Crippen LogP contribution in [0.25, 0.3) is 0 Å². The van der Waals surface area contributed by atoms with Crippen LogP contribution in [-0.2, 0) is 9.84 Å². The molecule has 0 N–H and O–H groups in total. The molecule has 5 nitrogen and oxygen atoms in total. The summed E-state index contributed by atoms with van der Waals surface area (Å²) in [5, 5.41) is 10.4. The summed E-state index contributed by atoms with van der Waals surface area (Å²) in [7, 11) is -3.66. The van der Waals surface area contributed by atoms with Gasteiger partial charge in [0.2, 0.25) is 0 Å². The van der Waals surface area contributed by atoms with Gasteiger partial charge in [-0.05, 0) is 6.92 Å². The molecule has 0 saturated heterocycles. The first kappa shape index (κ1) is 11.6. The van der Waals surface area contributed by atoms with Gasteiger partial charge in [0.05, 0.1) is 15.9 Å². The van der Waals surface area contributed by atoms with Gasteiger partial charge in [0.1, 0.15) is 5.82 Å². The van der Waals surface area contributed by atoms with E-state index in [4.69, 9.17) is 0 Å². The lowest BCUT2D eigenvalue weighted by Crippen LogP contribution is -2.03. The second-order valence-corrected chi connectivity index (χ2v) is 5.06. The van der Waals surface area contributed by atoms with Crippen molar-refractivity contribution in [3.05, 3.63) is 33.6 Å². The van der Waals surface area contributed by atoms with Crippen LogP contribution in [0.4, 0.5) is 10.1 Å². The smallest absolute Gasteiger partial charge is 0.258 e. The number of benzene rings is 1. The lowest BCUT2D eigenvalue weighted by molar-refractivity contribution is -0.385. The molecule has 0 radical (unpaired) electrons. The summed E-state index contributed by atoms with van der Waals surface area (Å²) in [5.41, 5.74) is -0.679. The van der Waals surface area contributed by atoms with E-state index in [-0.39, 0.29) is 10.5 Å². The maximum Gasteiger partial charge on any atom is 0.273 e. The van der Waals surface area contributed by atoms with Gasteiger partial charge in [0.25, 0.3) is 5.69 Å². The number of non-ortho nitro benzene ring substituents is 1. The molecular weight excluding hydrogens is 225 g/mol. The molecule has 0 aliphatic heterocycles. The highest BCUT2D eigenvalue weighted by atomic mass is 32.2. The van der Waals surface area contributed by atoms with Crippen LogP contribution in [0.2, 0.25) is 0 Å². The normalized spacial score (nSPS) is 11.4. The van der Waals surface area contributed by atoms with Crippen LogP contribution >= 0.6 is 0 Å². The molecule has 1 aromatic rings. The van der Waals surface area contributed by atoms with Crippen molar-refractivity contribution < 1.29 is 17.7 Å². The number of halogens is 1. The summed E-state index contributed by atoms with van der Waals surface area (Å²) in [6, 6.07) is 1.55. The van der Waals surface area contributed by atoms with Gasteiger partial charge in [-0.15, -0.1) is 0 Å². The minimum Gasteiger partial charge on any atom is -0.258 e. The Morgan fingerprint density at radius 3 is 2.33 bits per heavy atom. The highest BCUT2D eigenvalue weighted by Crippen LogP contribution is 2.24. The Morgan fingerprint density at radius 1 is 1.40 bits per heavy atom. The second kappa shape index (κ2) is 3.58. The lowest BCUT2D eigenvalue weighted by Gasteiger charge is -2.04. The van der Waals surface area contributed by atoms with Crippen LogP contribution in [0.1, 0.15) is 5.56 Å². The maximum absolute atomic E-state index is 13.2. The Bertz CT molecular complexity index is 524. The summed E-state index contributed by atoms with van der Waals surface area (Å²) in [4.78, 5) is 9.20. The first-order valence-corrected chi connectivity index (χ1v) is 5.77. The molecule has 0 aliphatic rings. The predicted molar refractivity (Wildman–Crippen MR) is 50.9 cm³/mol. The van der Waals surface area contributed by atoms with E-state index < -0.39 is 26.3 Å². The standard InChI is InChI=1S/C8H8FNO4S/c1-5-7(9)3-6(10(11)12)4-8(5)15(2,13)14/h3-4H,1-2H3. The average molecular weight is 233 g/mol. The molecule has 0 amide bonds. The van der Waals surface area contributed by atoms with Crippen LogP contribution in [0.15, 0.2) is 17.0 Å². The number of hydrogen-bond donors (Lipinski definition) is 0. The van der Waals surface area contributed by atoms with E-state index in [1.807, 2.05) is 0 Å². The van der Waals surface area contributed by atoms with Gasteiger partial charge < -0.3 is 0 Å². The van der Waals surface area contributed by atoms with Gasteiger partial charge in [-0.25, -0.2) is 12.8 Å². The van der Waals surface area contributed by atoms with E-state index in [1.165, 1.54) is 6.92 Å². The molecule has 0 atom stereocenters. The van der Waals surface area contributed by atoms with Gasteiger partial charge in [-0.2, -0.15) is 0 Å². The average Bonchev–Trinajstić information content (AvgIpc) is 2.06. The molecule has 0 fully saturated rings. The Morgan fingerprint density at radius 2 is 1.93 bits per heavy atom. The summed E-state index contributed by atoms with van der Waals surface area (Å²) < 4.78 is 35.5. The monoisotopic (exact) mass is 233 g/mol. The zero-order valence-corrected chi connectivity index (χ0v) is 8.84. The third-order valence-corrected chi connectivity index (χ3v) is 3.11. The molecule has 0 aliphatic carbocycles. The molecule has 7 heteroatoms. The Kier molecular flexibility index (Phi) is 2.76. The number of nitrogens with zero attached hydrogens (tertiary/aromatic N) is 1. The Balaban J connectivity index is 3.59. The second-order valence-electron chi connectivity index (χ2n) is 3.08. The van der Waals surface area contributed by atoms with Crippen molar-refractivity contribution in [2.45, 2.75) is 11.8 Å². The number of hydrogen-bond acceptors (Lipinski definition) is 4. The molecular formula is C8H8FNO4S. The van der Waals surface area contributed by atoms with Crippen LogP contribution < -0.4 is 0 Å². The first-order valence-electron chi connectivity index (χ1n) is 3.88. The van der Waals surface area contributed by atoms with Crippen LogP contribution in [0, 0.1) is 22.9 Å². The summed E-state index contributed by atoms with van der Waals surface area (Å²) >= 11 is 0. The molecule has 0 heterocycles. The van der Waals surface area contributed by atoms with Crippen LogP contribution in [0.3, 0.4) is 0 Å². The zero-order chi connectivity index (χ0) is 11.8. The van der Waals surface area contributed by atoms with Gasteiger partial charge >= 0.3 is 0 Å². The Hall–Kier alpha value is -1.50. The molecule has 15 heavy (non-hydrogen) atoms. The minimum absolute atomic E-state index is 0.108. The number of rotatable bonds is 2. The van der Waals surface area contributed by atoms with Crippen molar-refractivity contribution in [1.29, 1.82) is 0 Å². The van der Waals surface area contributed by atoms with Crippen molar-refractivity contribution >= 4 is 15.5 Å². The molecule has 1 aromatic carbocycles. The fourth-order valence-corrected chi connectivity index (χ4v) is 2.12. The molecule has 1 rings (SSSR count). The number of nitro benzene ring substituents is 1. The minimum atomic E-state index is -3.66. The van der Waals surface area contributed by atoms with Crippen molar-refractivity contribution in [1.82, 2.24) is 0 Å². The van der Waals surface area contributed by atoms with Crippen molar-refractivity contribution in [2.75, 3.05) is 6.26 Å². The van der Waals surface area contributed by atoms with Gasteiger partial charge in [-0.3, -0.25) is 10.1 Å². The fourth-order valence-electron chi connectivity index (χ4n) is 1.13. The SMILES string of the molecule is Cc1c(F)cc([N+](=O)[O-])cc1S(C)(=O)=O. The summed E-state index contributed by atoms with van der Waals surface area (Å²) in [5.74, 6) is -0.898. The molecule has 0 unspecified atom stereocenters. The molecule has 0 aromatic heterocycles. The fraction of sp³-hybridized carbons (Fsp3) is 0.250. The maximum atomic E-state index is 13.2. The Labute approximate surface area is 85.6 Å². The van der Waals surface area contributed by atoms with E-state index in [1.54, 1.807) is 0 Å². The van der Waals surface area contributed by atoms with Gasteiger partial charge in [-0.1, -0.05) is 0 Å².